The predicted molar refractivity (Wildman–Crippen MR) is 252 cm³/mol. The topological polar surface area (TPSA) is 172 Å². The summed E-state index contributed by atoms with van der Waals surface area (Å²) in [7, 11) is 2.11. The number of aromatic nitrogens is 1. The van der Waals surface area contributed by atoms with E-state index in [0.29, 0.717) is 53.4 Å². The highest BCUT2D eigenvalue weighted by Crippen LogP contribution is 2.52. The molecule has 9 rings (SSSR count). The number of nitrogens with two attached hydrogens (primary N) is 1. The minimum absolute atomic E-state index is 0.0513. The van der Waals surface area contributed by atoms with Gasteiger partial charge in [-0.1, -0.05) is 19.1 Å². The fourth-order valence-electron chi connectivity index (χ4n) is 11.1. The first-order valence-electron chi connectivity index (χ1n) is 23.8. The maximum atomic E-state index is 15.0. The van der Waals surface area contributed by atoms with Crippen LogP contribution in [0.4, 0.5) is 25.8 Å². The van der Waals surface area contributed by atoms with Crippen molar-refractivity contribution in [3.63, 3.8) is 0 Å². The summed E-state index contributed by atoms with van der Waals surface area (Å²) in [5.41, 5.74) is 12.3. The van der Waals surface area contributed by atoms with Crippen LogP contribution >= 0.6 is 0 Å². The molecule has 4 aromatic rings. The van der Waals surface area contributed by atoms with Crippen LogP contribution < -0.4 is 42.5 Å². The van der Waals surface area contributed by atoms with Crippen LogP contribution in [0.2, 0.25) is 0 Å². The van der Waals surface area contributed by atoms with Crippen molar-refractivity contribution in [2.24, 2.45) is 23.5 Å². The summed E-state index contributed by atoms with van der Waals surface area (Å²) in [6.45, 7) is 11.4. The Labute approximate surface area is 380 Å². The number of rotatable bonds is 13. The molecule has 3 saturated heterocycles. The Balaban J connectivity index is 0.973. The fourth-order valence-corrected chi connectivity index (χ4v) is 11.1. The average molecular weight is 893 g/mol. The lowest BCUT2D eigenvalue weighted by Crippen LogP contribution is -2.61. The smallest absolute Gasteiger partial charge is 0.272 e. The number of halogens is 2. The van der Waals surface area contributed by atoms with E-state index in [4.69, 9.17) is 5.73 Å². The maximum Gasteiger partial charge on any atom is 0.272 e. The molecular formula is C50H66F2N10O3. The van der Waals surface area contributed by atoms with Crippen LogP contribution in [0.15, 0.2) is 48.5 Å². The number of amides is 3. The van der Waals surface area contributed by atoms with Crippen LogP contribution in [-0.2, 0) is 16.0 Å². The minimum atomic E-state index is -0.624. The Morgan fingerprint density at radius 3 is 2.35 bits per heavy atom. The number of likely N-dealkylation sites (tertiary alicyclic amines) is 1. The van der Waals surface area contributed by atoms with Gasteiger partial charge in [0.2, 0.25) is 11.8 Å². The average Bonchev–Trinajstić information content (AvgIpc) is 3.71. The summed E-state index contributed by atoms with van der Waals surface area (Å²) in [6, 6.07) is 13.7. The largest absolute Gasteiger partial charge is 0.373 e. The van der Waals surface area contributed by atoms with Crippen LogP contribution in [0.3, 0.4) is 0 Å². The standard InChI is InChI=1S/C50H66F2N10O3/c1-27-5-7-40(51)38-24-42(58-44(27)38)49(64)57-34-20-30(21-35(22-34)62-17-11-32(12-18-62)54-14-13-53)36-23-37(36)47(60-50(65)43-25-39-41(52)8-6-28(2)45(39)59-43)46-29(3)19-31(26-55-46)48(63)56-33-9-15-61(4)16-10-33/h5-8,20-22,24,29,31-33,36-37,43,46-47,54-55,58-59H,9-19,23,25-26,53H2,1-4H3,(H,56,63)(H,57,64)(H,60,65). The van der Waals surface area contributed by atoms with Gasteiger partial charge in [0.25, 0.3) is 5.91 Å². The number of piperidine rings is 3. The Kier molecular flexibility index (Phi) is 13.2. The van der Waals surface area contributed by atoms with Crippen molar-refractivity contribution in [3.8, 4) is 0 Å². The lowest BCUT2D eigenvalue weighted by molar-refractivity contribution is -0.128. The third-order valence-corrected chi connectivity index (χ3v) is 15.1. The first kappa shape index (κ1) is 45.1. The SMILES string of the molecule is Cc1ccc(F)c2c1NC(C(=O)NC(C1CC1c1cc(NC(=O)c3cc4c(F)ccc(C)c4[nH]3)cc(N3CCC(NCCN)CC3)c1)C1NCC(C(=O)NC3CCN(C)CC3)CC1C)C2. The molecule has 0 spiro atoms. The highest BCUT2D eigenvalue weighted by atomic mass is 19.1. The molecule has 3 aromatic carbocycles. The van der Waals surface area contributed by atoms with Gasteiger partial charge in [0, 0.05) is 91.3 Å². The molecule has 4 fully saturated rings. The van der Waals surface area contributed by atoms with Gasteiger partial charge in [0.1, 0.15) is 23.4 Å². The van der Waals surface area contributed by atoms with Gasteiger partial charge in [-0.3, -0.25) is 14.4 Å². The summed E-state index contributed by atoms with van der Waals surface area (Å²) < 4.78 is 29.8. The van der Waals surface area contributed by atoms with E-state index < -0.39 is 6.04 Å². The molecule has 1 saturated carbocycles. The maximum absolute atomic E-state index is 15.0. The molecule has 13 nitrogen and oxygen atoms in total. The number of nitrogens with zero attached hydrogens (tertiary/aromatic N) is 2. The highest BCUT2D eigenvalue weighted by Gasteiger charge is 2.50. The molecule has 0 radical (unpaired) electrons. The third kappa shape index (κ3) is 9.75. The van der Waals surface area contributed by atoms with Crippen LogP contribution in [0.25, 0.3) is 10.9 Å². The molecule has 9 N–H and O–H groups in total. The zero-order valence-corrected chi connectivity index (χ0v) is 38.2. The number of aryl methyl sites for hydroxylation is 2. The molecular weight excluding hydrogens is 827 g/mol. The predicted octanol–water partition coefficient (Wildman–Crippen LogP) is 5.28. The van der Waals surface area contributed by atoms with E-state index in [-0.39, 0.29) is 83.3 Å². The van der Waals surface area contributed by atoms with Crippen molar-refractivity contribution in [2.75, 3.05) is 68.4 Å². The molecule has 5 aliphatic rings. The van der Waals surface area contributed by atoms with Crippen molar-refractivity contribution < 1.29 is 23.2 Å². The minimum Gasteiger partial charge on any atom is -0.373 e. The number of benzene rings is 3. The highest BCUT2D eigenvalue weighted by molar-refractivity contribution is 6.06. The van der Waals surface area contributed by atoms with E-state index >= 15 is 4.39 Å². The second-order valence-electron chi connectivity index (χ2n) is 19.7. The zero-order valence-electron chi connectivity index (χ0n) is 38.2. The first-order valence-corrected chi connectivity index (χ1v) is 23.8. The number of carbonyl (C=O) groups excluding carboxylic acids is 3. The van der Waals surface area contributed by atoms with Crippen molar-refractivity contribution >= 4 is 45.7 Å². The van der Waals surface area contributed by atoms with Gasteiger partial charge >= 0.3 is 0 Å². The first-order chi connectivity index (χ1) is 31.3. The number of anilines is 3. The number of nitrogens with one attached hydrogen (secondary N) is 7. The molecule has 1 aromatic heterocycles. The molecule has 1 aliphatic carbocycles. The summed E-state index contributed by atoms with van der Waals surface area (Å²) >= 11 is 0. The van der Waals surface area contributed by atoms with Gasteiger partial charge in [0.15, 0.2) is 0 Å². The summed E-state index contributed by atoms with van der Waals surface area (Å²) in [5, 5.41) is 21.0. The van der Waals surface area contributed by atoms with Crippen molar-refractivity contribution in [1.29, 1.82) is 0 Å². The van der Waals surface area contributed by atoms with Crippen molar-refractivity contribution in [2.45, 2.75) is 102 Å². The van der Waals surface area contributed by atoms with Crippen LogP contribution in [-0.4, -0.2) is 111 Å². The van der Waals surface area contributed by atoms with Gasteiger partial charge in [-0.2, -0.15) is 0 Å². The molecule has 348 valence electrons. The van der Waals surface area contributed by atoms with Crippen LogP contribution in [0, 0.1) is 43.2 Å². The van der Waals surface area contributed by atoms with Crippen molar-refractivity contribution in [1.82, 2.24) is 31.2 Å². The number of fused-ring (bicyclic) bond motifs is 2. The lowest BCUT2D eigenvalue weighted by atomic mass is 9.80. The number of carbonyl (C=O) groups is 3. The molecule has 65 heavy (non-hydrogen) atoms. The molecule has 5 heterocycles. The van der Waals surface area contributed by atoms with Crippen molar-refractivity contribution in [3.05, 3.63) is 88.1 Å². The number of hydrogen-bond acceptors (Lipinski definition) is 9. The molecule has 7 atom stereocenters. The number of aromatic amines is 1. The Morgan fingerprint density at radius 1 is 0.892 bits per heavy atom. The molecule has 3 amide bonds. The van der Waals surface area contributed by atoms with Gasteiger partial charge in [0.05, 0.1) is 11.4 Å². The number of H-pyrrole nitrogens is 1. The normalized spacial score (nSPS) is 25.5. The van der Waals surface area contributed by atoms with Crippen LogP contribution in [0.5, 0.6) is 0 Å². The summed E-state index contributed by atoms with van der Waals surface area (Å²) in [5.74, 6) is -1.15. The van der Waals surface area contributed by atoms with E-state index in [2.05, 4.69) is 66.7 Å². The number of hydrogen-bond donors (Lipinski definition) is 8. The van der Waals surface area contributed by atoms with Gasteiger partial charge in [-0.25, -0.2) is 8.78 Å². The Hall–Kier alpha value is -5.09. The molecule has 4 aliphatic heterocycles. The van der Waals surface area contributed by atoms with Gasteiger partial charge < -0.3 is 52.4 Å². The van der Waals surface area contributed by atoms with Gasteiger partial charge in [-0.15, -0.1) is 0 Å². The second-order valence-corrected chi connectivity index (χ2v) is 19.7. The molecule has 15 heteroatoms. The Bertz CT molecular complexity index is 2340. The Morgan fingerprint density at radius 2 is 1.63 bits per heavy atom. The summed E-state index contributed by atoms with van der Waals surface area (Å²) in [4.78, 5) is 49.7. The van der Waals surface area contributed by atoms with E-state index in [1.165, 1.54) is 12.1 Å². The lowest BCUT2D eigenvalue weighted by Gasteiger charge is -2.41. The quantitative estimate of drug-likeness (QED) is 0.0890. The van der Waals surface area contributed by atoms with Gasteiger partial charge in [-0.05, 0) is 143 Å². The van der Waals surface area contributed by atoms with E-state index in [1.54, 1.807) is 18.2 Å². The molecule has 0 bridgehead atoms. The molecule has 7 unspecified atom stereocenters. The van der Waals surface area contributed by atoms with E-state index in [0.717, 1.165) is 87.2 Å². The zero-order chi connectivity index (χ0) is 45.5. The monoisotopic (exact) mass is 893 g/mol. The second kappa shape index (κ2) is 19.0. The fraction of sp³-hybridized carbons (Fsp3) is 0.540. The van der Waals surface area contributed by atoms with Crippen LogP contribution in [0.1, 0.15) is 84.1 Å². The summed E-state index contributed by atoms with van der Waals surface area (Å²) in [6.07, 6.45) is 5.56. The van der Waals surface area contributed by atoms with E-state index in [9.17, 15) is 18.8 Å². The van der Waals surface area contributed by atoms with E-state index in [1.807, 2.05) is 26.0 Å². The third-order valence-electron chi connectivity index (χ3n) is 15.1.